The number of rotatable bonds is 5. The van der Waals surface area contributed by atoms with Crippen molar-refractivity contribution in [1.29, 1.82) is 0 Å². The number of fused-ring (bicyclic) bond motifs is 2. The van der Waals surface area contributed by atoms with Gasteiger partial charge >= 0.3 is 0 Å². The highest BCUT2D eigenvalue weighted by atomic mass is 15.3. The molecule has 0 aliphatic heterocycles. The molecule has 4 aromatic rings. The lowest BCUT2D eigenvalue weighted by Gasteiger charge is -2.10. The molecule has 0 spiro atoms. The molecule has 0 unspecified atom stereocenters. The molecular weight excluding hydrogens is 298 g/mol. The monoisotopic (exact) mass is 319 g/mol. The van der Waals surface area contributed by atoms with E-state index in [0.717, 1.165) is 53.5 Å². The van der Waals surface area contributed by atoms with E-state index in [2.05, 4.69) is 52.6 Å². The predicted octanol–water partition coefficient (Wildman–Crippen LogP) is 4.56. The van der Waals surface area contributed by atoms with Gasteiger partial charge in [0.1, 0.15) is 0 Å². The van der Waals surface area contributed by atoms with E-state index in [9.17, 15) is 0 Å². The maximum atomic E-state index is 4.77. The van der Waals surface area contributed by atoms with Crippen molar-refractivity contribution >= 4 is 34.0 Å². The summed E-state index contributed by atoms with van der Waals surface area (Å²) in [6.07, 6.45) is 1.05. The van der Waals surface area contributed by atoms with Crippen molar-refractivity contribution in [2.75, 3.05) is 5.32 Å². The van der Waals surface area contributed by atoms with Crippen LogP contribution < -0.4 is 5.32 Å². The number of hydrogen-bond acceptors (Lipinski definition) is 3. The second-order valence-corrected chi connectivity index (χ2v) is 5.87. The Balaban J connectivity index is 1.83. The summed E-state index contributed by atoms with van der Waals surface area (Å²) in [6, 6.07) is 16.5. The van der Waals surface area contributed by atoms with Crippen LogP contribution in [0.5, 0.6) is 0 Å². The van der Waals surface area contributed by atoms with Gasteiger partial charge in [-0.2, -0.15) is 0 Å². The Morgan fingerprint density at radius 3 is 1.92 bits per heavy atom. The average molecular weight is 319 g/mol. The molecule has 2 heterocycles. The zero-order valence-corrected chi connectivity index (χ0v) is 14.0. The number of aryl methyl sites for hydroxylation is 2. The van der Waals surface area contributed by atoms with E-state index in [1.807, 2.05) is 24.3 Å². The Morgan fingerprint density at radius 2 is 1.33 bits per heavy atom. The first-order chi connectivity index (χ1) is 11.8. The van der Waals surface area contributed by atoms with Crippen molar-refractivity contribution in [3.8, 4) is 0 Å². The maximum Gasteiger partial charge on any atom is 0.210 e. The van der Waals surface area contributed by atoms with E-state index in [1.54, 1.807) is 0 Å². The van der Waals surface area contributed by atoms with Gasteiger partial charge in [0.05, 0.1) is 22.1 Å². The number of nitrogens with zero attached hydrogens (tertiary/aromatic N) is 4. The summed E-state index contributed by atoms with van der Waals surface area (Å²) in [5.41, 5.74) is 4.30. The number of nitrogens with one attached hydrogen (secondary N) is 1. The van der Waals surface area contributed by atoms with Gasteiger partial charge in [-0.25, -0.2) is 9.97 Å². The van der Waals surface area contributed by atoms with Crippen LogP contribution in [-0.4, -0.2) is 19.1 Å². The normalized spacial score (nSPS) is 11.4. The number of aromatic nitrogens is 4. The molecule has 5 heteroatoms. The molecule has 0 aliphatic rings. The molecular formula is C19H21N5. The summed E-state index contributed by atoms with van der Waals surface area (Å²) >= 11 is 0. The van der Waals surface area contributed by atoms with Gasteiger partial charge in [0.2, 0.25) is 11.9 Å². The second-order valence-electron chi connectivity index (χ2n) is 5.87. The molecule has 0 atom stereocenters. The van der Waals surface area contributed by atoms with Gasteiger partial charge in [-0.3, -0.25) is 5.32 Å². The third-order valence-corrected chi connectivity index (χ3v) is 4.30. The highest BCUT2D eigenvalue weighted by molar-refractivity contribution is 5.82. The number of anilines is 2. The van der Waals surface area contributed by atoms with E-state index in [-0.39, 0.29) is 0 Å². The minimum absolute atomic E-state index is 0.839. The van der Waals surface area contributed by atoms with Gasteiger partial charge in [0.25, 0.3) is 0 Å². The van der Waals surface area contributed by atoms with Crippen molar-refractivity contribution in [2.45, 2.75) is 33.4 Å². The Labute approximate surface area is 141 Å². The third kappa shape index (κ3) is 2.33. The first-order valence-corrected chi connectivity index (χ1v) is 8.49. The largest absolute Gasteiger partial charge is 0.310 e. The Kier molecular flexibility index (Phi) is 3.69. The van der Waals surface area contributed by atoms with Crippen LogP contribution in [0.4, 0.5) is 11.9 Å². The average Bonchev–Trinajstić information content (AvgIpc) is 3.13. The van der Waals surface area contributed by atoms with Crippen molar-refractivity contribution in [3.63, 3.8) is 0 Å². The fourth-order valence-electron chi connectivity index (χ4n) is 3.21. The topological polar surface area (TPSA) is 47.7 Å². The summed E-state index contributed by atoms with van der Waals surface area (Å²) < 4.78 is 4.42. The lowest BCUT2D eigenvalue weighted by Crippen LogP contribution is -2.08. The molecule has 122 valence electrons. The van der Waals surface area contributed by atoms with Gasteiger partial charge in [0, 0.05) is 13.1 Å². The second kappa shape index (κ2) is 6.00. The number of para-hydroxylation sites is 4. The third-order valence-electron chi connectivity index (χ3n) is 4.30. The zero-order chi connectivity index (χ0) is 16.5. The van der Waals surface area contributed by atoms with Crippen molar-refractivity contribution in [2.24, 2.45) is 0 Å². The van der Waals surface area contributed by atoms with Crippen molar-refractivity contribution in [1.82, 2.24) is 19.1 Å². The van der Waals surface area contributed by atoms with Crippen LogP contribution >= 0.6 is 0 Å². The fourth-order valence-corrected chi connectivity index (χ4v) is 3.21. The summed E-state index contributed by atoms with van der Waals surface area (Å²) in [6.45, 7) is 6.10. The summed E-state index contributed by atoms with van der Waals surface area (Å²) in [5, 5.41) is 3.46. The summed E-state index contributed by atoms with van der Waals surface area (Å²) in [4.78, 5) is 9.52. The standard InChI is InChI=1S/C19H21N5/c1-3-13-24-17-12-8-6-10-15(17)21-19(24)22-18-20-14-9-5-7-11-16(14)23(18)4-2/h5-12H,3-4,13H2,1-2H3,(H,20,21,22). The minimum atomic E-state index is 0.839. The molecule has 24 heavy (non-hydrogen) atoms. The number of hydrogen-bond donors (Lipinski definition) is 1. The van der Waals surface area contributed by atoms with E-state index in [4.69, 9.17) is 9.97 Å². The Hall–Kier alpha value is -2.82. The maximum absolute atomic E-state index is 4.77. The molecule has 1 N–H and O–H groups in total. The summed E-state index contributed by atoms with van der Waals surface area (Å²) in [5.74, 6) is 1.69. The first-order valence-electron chi connectivity index (χ1n) is 8.49. The highest BCUT2D eigenvalue weighted by Gasteiger charge is 2.14. The van der Waals surface area contributed by atoms with Crippen LogP contribution in [0.15, 0.2) is 48.5 Å². The molecule has 5 nitrogen and oxygen atoms in total. The van der Waals surface area contributed by atoms with Crippen LogP contribution in [0, 0.1) is 0 Å². The van der Waals surface area contributed by atoms with Gasteiger partial charge in [-0.05, 0) is 37.6 Å². The van der Waals surface area contributed by atoms with Crippen molar-refractivity contribution < 1.29 is 0 Å². The van der Waals surface area contributed by atoms with E-state index < -0.39 is 0 Å². The molecule has 0 bridgehead atoms. The van der Waals surface area contributed by atoms with Crippen LogP contribution in [0.2, 0.25) is 0 Å². The quantitative estimate of drug-likeness (QED) is 0.586. The van der Waals surface area contributed by atoms with E-state index in [1.165, 1.54) is 0 Å². The molecule has 0 saturated carbocycles. The van der Waals surface area contributed by atoms with Crippen LogP contribution in [0.25, 0.3) is 22.1 Å². The SMILES string of the molecule is CCCn1c(Nc2nc3ccccc3n2CC)nc2ccccc21. The van der Waals surface area contributed by atoms with Crippen molar-refractivity contribution in [3.05, 3.63) is 48.5 Å². The Morgan fingerprint density at radius 1 is 0.792 bits per heavy atom. The Bertz CT molecular complexity index is 996. The molecule has 0 radical (unpaired) electrons. The summed E-state index contributed by atoms with van der Waals surface area (Å²) in [7, 11) is 0. The van der Waals surface area contributed by atoms with Gasteiger partial charge in [-0.1, -0.05) is 31.2 Å². The molecule has 2 aromatic heterocycles. The van der Waals surface area contributed by atoms with E-state index in [0.29, 0.717) is 0 Å². The lowest BCUT2D eigenvalue weighted by molar-refractivity contribution is 0.702. The first kappa shape index (κ1) is 14.8. The van der Waals surface area contributed by atoms with Gasteiger partial charge in [0.15, 0.2) is 0 Å². The van der Waals surface area contributed by atoms with Crippen LogP contribution in [-0.2, 0) is 13.1 Å². The minimum Gasteiger partial charge on any atom is -0.310 e. The number of benzene rings is 2. The van der Waals surface area contributed by atoms with Gasteiger partial charge < -0.3 is 9.13 Å². The zero-order valence-electron chi connectivity index (χ0n) is 14.0. The molecule has 0 saturated heterocycles. The highest BCUT2D eigenvalue weighted by Crippen LogP contribution is 2.25. The fraction of sp³-hybridized carbons (Fsp3) is 0.263. The van der Waals surface area contributed by atoms with Gasteiger partial charge in [-0.15, -0.1) is 0 Å². The number of imidazole rings is 2. The van der Waals surface area contributed by atoms with E-state index >= 15 is 0 Å². The smallest absolute Gasteiger partial charge is 0.210 e. The lowest BCUT2D eigenvalue weighted by atomic mass is 10.3. The predicted molar refractivity (Wildman–Crippen MR) is 98.7 cm³/mol. The molecule has 0 aliphatic carbocycles. The molecule has 2 aromatic carbocycles. The van der Waals surface area contributed by atoms with Crippen LogP contribution in [0.1, 0.15) is 20.3 Å². The molecule has 0 amide bonds. The van der Waals surface area contributed by atoms with Crippen LogP contribution in [0.3, 0.4) is 0 Å². The molecule has 4 rings (SSSR count). The molecule has 0 fully saturated rings.